The second-order valence-corrected chi connectivity index (χ2v) is 2.86. The van der Waals surface area contributed by atoms with Gasteiger partial charge in [-0.15, -0.1) is 0 Å². The van der Waals surface area contributed by atoms with Crippen LogP contribution in [0.2, 0.25) is 0 Å². The highest BCUT2D eigenvalue weighted by Gasteiger charge is 2.16. The molecular formula is C9H20O2. The van der Waals surface area contributed by atoms with Crippen LogP contribution in [0.1, 0.15) is 33.1 Å². The molecule has 2 unspecified atom stereocenters. The summed E-state index contributed by atoms with van der Waals surface area (Å²) in [6.07, 6.45) is 3.32. The molecule has 2 heteroatoms. The highest BCUT2D eigenvalue weighted by Crippen LogP contribution is 2.17. The number of rotatable bonds is 6. The first-order valence-corrected chi connectivity index (χ1v) is 4.43. The second-order valence-electron chi connectivity index (χ2n) is 2.86. The van der Waals surface area contributed by atoms with E-state index >= 15 is 0 Å². The smallest absolute Gasteiger partial charge is 0.0597 e. The lowest BCUT2D eigenvalue weighted by Crippen LogP contribution is -2.22. The maximum atomic E-state index is 8.75. The highest BCUT2D eigenvalue weighted by molar-refractivity contribution is 4.66. The van der Waals surface area contributed by atoms with Crippen molar-refractivity contribution >= 4 is 0 Å². The number of aliphatic hydroxyl groups excluding tert-OH is 1. The Balaban J connectivity index is 3.76. The van der Waals surface area contributed by atoms with Gasteiger partial charge in [0.2, 0.25) is 0 Å². The zero-order chi connectivity index (χ0) is 8.69. The van der Waals surface area contributed by atoms with Crippen molar-refractivity contribution in [2.24, 2.45) is 5.92 Å². The third-order valence-electron chi connectivity index (χ3n) is 2.26. The number of aliphatic hydroxyl groups is 1. The molecule has 68 valence electrons. The molecular weight excluding hydrogens is 140 g/mol. The van der Waals surface area contributed by atoms with Crippen molar-refractivity contribution < 1.29 is 9.84 Å². The molecule has 0 rings (SSSR count). The zero-order valence-corrected chi connectivity index (χ0v) is 7.84. The molecule has 11 heavy (non-hydrogen) atoms. The summed E-state index contributed by atoms with van der Waals surface area (Å²) >= 11 is 0. The van der Waals surface area contributed by atoms with E-state index in [-0.39, 0.29) is 6.61 Å². The molecule has 2 nitrogen and oxygen atoms in total. The molecule has 0 saturated heterocycles. The summed E-state index contributed by atoms with van der Waals surface area (Å²) in [4.78, 5) is 0. The Labute approximate surface area is 69.6 Å². The van der Waals surface area contributed by atoms with Crippen LogP contribution in [0, 0.1) is 5.92 Å². The lowest BCUT2D eigenvalue weighted by atomic mass is 9.94. The summed E-state index contributed by atoms with van der Waals surface area (Å²) in [6, 6.07) is 0. The molecule has 0 radical (unpaired) electrons. The fourth-order valence-corrected chi connectivity index (χ4v) is 1.51. The van der Waals surface area contributed by atoms with E-state index in [1.165, 1.54) is 0 Å². The Morgan fingerprint density at radius 2 is 1.91 bits per heavy atom. The van der Waals surface area contributed by atoms with Gasteiger partial charge in [-0.05, 0) is 18.8 Å². The van der Waals surface area contributed by atoms with Gasteiger partial charge in [-0.3, -0.25) is 0 Å². The molecule has 0 aromatic heterocycles. The third-order valence-corrected chi connectivity index (χ3v) is 2.26. The van der Waals surface area contributed by atoms with Crippen LogP contribution in [-0.2, 0) is 4.74 Å². The van der Waals surface area contributed by atoms with Gasteiger partial charge in [0.1, 0.15) is 0 Å². The Bertz CT molecular complexity index is 79.6. The molecule has 0 aromatic rings. The van der Waals surface area contributed by atoms with E-state index in [0.29, 0.717) is 12.0 Å². The minimum atomic E-state index is 0.276. The maximum absolute atomic E-state index is 8.75. The predicted molar refractivity (Wildman–Crippen MR) is 46.6 cm³/mol. The molecule has 0 aromatic carbocycles. The van der Waals surface area contributed by atoms with Crippen LogP contribution in [0.4, 0.5) is 0 Å². The van der Waals surface area contributed by atoms with Gasteiger partial charge in [0.15, 0.2) is 0 Å². The summed E-state index contributed by atoms with van der Waals surface area (Å²) in [5.41, 5.74) is 0. The van der Waals surface area contributed by atoms with E-state index in [1.54, 1.807) is 7.11 Å². The van der Waals surface area contributed by atoms with Gasteiger partial charge < -0.3 is 9.84 Å². The molecule has 0 fully saturated rings. The van der Waals surface area contributed by atoms with Gasteiger partial charge in [0, 0.05) is 13.7 Å². The number of hydrogen-bond acceptors (Lipinski definition) is 2. The van der Waals surface area contributed by atoms with E-state index in [1.807, 2.05) is 0 Å². The van der Waals surface area contributed by atoms with Crippen LogP contribution in [0.25, 0.3) is 0 Å². The molecule has 1 N–H and O–H groups in total. The fourth-order valence-electron chi connectivity index (χ4n) is 1.51. The van der Waals surface area contributed by atoms with Crippen molar-refractivity contribution in [1.29, 1.82) is 0 Å². The lowest BCUT2D eigenvalue weighted by Gasteiger charge is -2.22. The van der Waals surface area contributed by atoms with Gasteiger partial charge >= 0.3 is 0 Å². The van der Waals surface area contributed by atoms with E-state index in [2.05, 4.69) is 13.8 Å². The monoisotopic (exact) mass is 160 g/mol. The van der Waals surface area contributed by atoms with Crippen molar-refractivity contribution in [2.75, 3.05) is 13.7 Å². The van der Waals surface area contributed by atoms with Gasteiger partial charge in [0.25, 0.3) is 0 Å². The first-order valence-electron chi connectivity index (χ1n) is 4.43. The lowest BCUT2D eigenvalue weighted by molar-refractivity contribution is 0.0369. The molecule has 0 aliphatic heterocycles. The summed E-state index contributed by atoms with van der Waals surface area (Å²) < 4.78 is 5.29. The van der Waals surface area contributed by atoms with Crippen LogP contribution in [0.3, 0.4) is 0 Å². The SMILES string of the molecule is CCC(CCO)C(CC)OC. The van der Waals surface area contributed by atoms with Crippen molar-refractivity contribution in [3.05, 3.63) is 0 Å². The van der Waals surface area contributed by atoms with Crippen molar-refractivity contribution in [3.8, 4) is 0 Å². The number of methoxy groups -OCH3 is 1. The van der Waals surface area contributed by atoms with Crippen molar-refractivity contribution in [1.82, 2.24) is 0 Å². The number of hydrogen-bond donors (Lipinski definition) is 1. The molecule has 0 spiro atoms. The Kier molecular flexibility index (Phi) is 6.57. The largest absolute Gasteiger partial charge is 0.396 e. The van der Waals surface area contributed by atoms with Gasteiger partial charge in [-0.1, -0.05) is 20.3 Å². The first-order chi connectivity index (χ1) is 5.29. The summed E-state index contributed by atoms with van der Waals surface area (Å²) in [7, 11) is 1.74. The average molecular weight is 160 g/mol. The van der Waals surface area contributed by atoms with E-state index < -0.39 is 0 Å². The number of ether oxygens (including phenoxy) is 1. The second kappa shape index (κ2) is 6.62. The van der Waals surface area contributed by atoms with Crippen LogP contribution < -0.4 is 0 Å². The topological polar surface area (TPSA) is 29.5 Å². The maximum Gasteiger partial charge on any atom is 0.0597 e. The Morgan fingerprint density at radius 3 is 2.18 bits per heavy atom. The van der Waals surface area contributed by atoms with Gasteiger partial charge in [-0.2, -0.15) is 0 Å². The molecule has 0 aliphatic rings. The molecule has 0 saturated carbocycles. The van der Waals surface area contributed by atoms with E-state index in [4.69, 9.17) is 9.84 Å². The Morgan fingerprint density at radius 1 is 1.27 bits per heavy atom. The molecule has 0 amide bonds. The van der Waals surface area contributed by atoms with Gasteiger partial charge in [0.05, 0.1) is 6.10 Å². The third kappa shape index (κ3) is 3.73. The van der Waals surface area contributed by atoms with E-state index in [9.17, 15) is 0 Å². The summed E-state index contributed by atoms with van der Waals surface area (Å²) in [5.74, 6) is 0.523. The minimum absolute atomic E-state index is 0.276. The average Bonchev–Trinajstić information content (AvgIpc) is 2.05. The molecule has 0 heterocycles. The van der Waals surface area contributed by atoms with Crippen LogP contribution >= 0.6 is 0 Å². The summed E-state index contributed by atoms with van der Waals surface area (Å²) in [5, 5.41) is 8.75. The normalized spacial score (nSPS) is 16.4. The quantitative estimate of drug-likeness (QED) is 0.642. The van der Waals surface area contributed by atoms with Crippen LogP contribution in [0.5, 0.6) is 0 Å². The highest BCUT2D eigenvalue weighted by atomic mass is 16.5. The van der Waals surface area contributed by atoms with E-state index in [0.717, 1.165) is 19.3 Å². The molecule has 0 bridgehead atoms. The first kappa shape index (κ1) is 10.9. The minimum Gasteiger partial charge on any atom is -0.396 e. The zero-order valence-electron chi connectivity index (χ0n) is 7.84. The fraction of sp³-hybridized carbons (Fsp3) is 1.00. The predicted octanol–water partition coefficient (Wildman–Crippen LogP) is 1.82. The van der Waals surface area contributed by atoms with Crippen LogP contribution in [-0.4, -0.2) is 24.9 Å². The molecule has 2 atom stereocenters. The van der Waals surface area contributed by atoms with Crippen molar-refractivity contribution in [2.45, 2.75) is 39.2 Å². The van der Waals surface area contributed by atoms with Gasteiger partial charge in [-0.25, -0.2) is 0 Å². The standard InChI is InChI=1S/C9H20O2/c1-4-8(6-7-10)9(5-2)11-3/h8-10H,4-7H2,1-3H3. The molecule has 0 aliphatic carbocycles. The van der Waals surface area contributed by atoms with Crippen LogP contribution in [0.15, 0.2) is 0 Å². The Hall–Kier alpha value is -0.0800. The van der Waals surface area contributed by atoms with Crippen molar-refractivity contribution in [3.63, 3.8) is 0 Å². The summed E-state index contributed by atoms with van der Waals surface area (Å²) in [6.45, 7) is 4.54.